The van der Waals surface area contributed by atoms with Crippen LogP contribution in [0.4, 0.5) is 5.69 Å². The van der Waals surface area contributed by atoms with E-state index in [1.54, 1.807) is 0 Å². The maximum absolute atomic E-state index is 3.63. The summed E-state index contributed by atoms with van der Waals surface area (Å²) in [5.74, 6) is 0. The summed E-state index contributed by atoms with van der Waals surface area (Å²) in [4.78, 5) is 2.56. The average molecular weight is 232 g/mol. The number of hydrogen-bond donors (Lipinski definition) is 1. The van der Waals surface area contributed by atoms with Gasteiger partial charge in [-0.15, -0.1) is 0 Å². The number of para-hydroxylation sites is 1. The molecule has 0 bridgehead atoms. The molecule has 2 rings (SSSR count). The van der Waals surface area contributed by atoms with Crippen LogP contribution in [0.5, 0.6) is 0 Å². The first kappa shape index (κ1) is 12.4. The lowest BCUT2D eigenvalue weighted by molar-refractivity contribution is 0.528. The van der Waals surface area contributed by atoms with E-state index in [-0.39, 0.29) is 0 Å². The van der Waals surface area contributed by atoms with Gasteiger partial charge in [0.2, 0.25) is 0 Å². The number of nitrogens with zero attached hydrogens (tertiary/aromatic N) is 1. The van der Waals surface area contributed by atoms with Crippen LogP contribution in [-0.2, 0) is 6.42 Å². The molecule has 1 atom stereocenters. The number of aryl methyl sites for hydroxylation is 1. The van der Waals surface area contributed by atoms with Gasteiger partial charge in [0.25, 0.3) is 0 Å². The summed E-state index contributed by atoms with van der Waals surface area (Å²) in [6, 6.07) is 9.48. The minimum Gasteiger partial charge on any atom is -0.370 e. The van der Waals surface area contributed by atoms with Gasteiger partial charge in [-0.2, -0.15) is 0 Å². The van der Waals surface area contributed by atoms with Crippen LogP contribution >= 0.6 is 0 Å². The zero-order chi connectivity index (χ0) is 12.1. The number of rotatable bonds is 3. The third-order valence-corrected chi connectivity index (χ3v) is 3.68. The molecule has 2 heteroatoms. The Morgan fingerprint density at radius 1 is 1.29 bits per heavy atom. The fourth-order valence-corrected chi connectivity index (χ4v) is 2.61. The van der Waals surface area contributed by atoms with Crippen molar-refractivity contribution < 1.29 is 0 Å². The van der Waals surface area contributed by atoms with Gasteiger partial charge in [-0.3, -0.25) is 0 Å². The molecule has 1 unspecified atom stereocenters. The van der Waals surface area contributed by atoms with Gasteiger partial charge >= 0.3 is 0 Å². The van der Waals surface area contributed by atoms with Gasteiger partial charge in [-0.25, -0.2) is 0 Å². The van der Waals surface area contributed by atoms with Crippen molar-refractivity contribution in [1.82, 2.24) is 5.32 Å². The molecule has 1 fully saturated rings. The summed E-state index contributed by atoms with van der Waals surface area (Å²) < 4.78 is 0. The van der Waals surface area contributed by atoms with Crippen molar-refractivity contribution in [1.29, 1.82) is 0 Å². The van der Waals surface area contributed by atoms with E-state index in [0.717, 1.165) is 19.5 Å². The molecule has 1 aromatic carbocycles. The Kier molecular flexibility index (Phi) is 4.43. The SMILES string of the molecule is CCc1ccccc1N1CCCNC(CC)C1. The fraction of sp³-hybridized carbons (Fsp3) is 0.600. The third-order valence-electron chi connectivity index (χ3n) is 3.68. The molecular weight excluding hydrogens is 208 g/mol. The van der Waals surface area contributed by atoms with Gasteiger partial charge in [-0.1, -0.05) is 32.0 Å². The molecule has 0 spiro atoms. The van der Waals surface area contributed by atoms with Crippen LogP contribution in [0.2, 0.25) is 0 Å². The van der Waals surface area contributed by atoms with E-state index in [1.807, 2.05) is 0 Å². The standard InChI is InChI=1S/C15H24N2/c1-3-13-8-5-6-9-15(13)17-11-7-10-16-14(4-2)12-17/h5-6,8-9,14,16H,3-4,7,10-12H2,1-2H3. The Balaban J connectivity index is 2.18. The summed E-state index contributed by atoms with van der Waals surface area (Å²) in [7, 11) is 0. The van der Waals surface area contributed by atoms with Crippen LogP contribution in [-0.4, -0.2) is 25.7 Å². The van der Waals surface area contributed by atoms with E-state index in [2.05, 4.69) is 48.3 Å². The van der Waals surface area contributed by atoms with Gasteiger partial charge in [0.1, 0.15) is 0 Å². The Hall–Kier alpha value is -1.02. The highest BCUT2D eigenvalue weighted by molar-refractivity contribution is 5.54. The van der Waals surface area contributed by atoms with Crippen molar-refractivity contribution in [2.24, 2.45) is 0 Å². The average Bonchev–Trinajstić information content (AvgIpc) is 2.64. The molecule has 17 heavy (non-hydrogen) atoms. The quantitative estimate of drug-likeness (QED) is 0.862. The second-order valence-corrected chi connectivity index (χ2v) is 4.84. The van der Waals surface area contributed by atoms with Gasteiger partial charge in [0.15, 0.2) is 0 Å². The Labute approximate surface area is 105 Å². The second kappa shape index (κ2) is 6.06. The number of hydrogen-bond acceptors (Lipinski definition) is 2. The lowest BCUT2D eigenvalue weighted by atomic mass is 10.1. The molecule has 0 aromatic heterocycles. The Morgan fingerprint density at radius 3 is 2.88 bits per heavy atom. The Bertz CT molecular complexity index is 349. The maximum atomic E-state index is 3.63. The molecule has 0 saturated carbocycles. The topological polar surface area (TPSA) is 15.3 Å². The molecule has 1 N–H and O–H groups in total. The van der Waals surface area contributed by atoms with Crippen LogP contribution in [0, 0.1) is 0 Å². The minimum absolute atomic E-state index is 0.641. The highest BCUT2D eigenvalue weighted by Gasteiger charge is 2.17. The first-order chi connectivity index (χ1) is 8.35. The molecule has 1 saturated heterocycles. The molecule has 94 valence electrons. The van der Waals surface area contributed by atoms with Crippen LogP contribution in [0.15, 0.2) is 24.3 Å². The van der Waals surface area contributed by atoms with Crippen molar-refractivity contribution in [2.45, 2.75) is 39.2 Å². The predicted molar refractivity (Wildman–Crippen MR) is 74.7 cm³/mol. The lowest BCUT2D eigenvalue weighted by Gasteiger charge is -2.28. The molecular formula is C15H24N2. The number of nitrogens with one attached hydrogen (secondary N) is 1. The van der Waals surface area contributed by atoms with Gasteiger partial charge in [-0.05, 0) is 37.4 Å². The van der Waals surface area contributed by atoms with Crippen molar-refractivity contribution in [3.63, 3.8) is 0 Å². The van der Waals surface area contributed by atoms with E-state index in [4.69, 9.17) is 0 Å². The smallest absolute Gasteiger partial charge is 0.0399 e. The first-order valence-corrected chi connectivity index (χ1v) is 6.91. The first-order valence-electron chi connectivity index (χ1n) is 6.91. The Morgan fingerprint density at radius 2 is 2.12 bits per heavy atom. The molecule has 1 aromatic rings. The largest absolute Gasteiger partial charge is 0.370 e. The number of anilines is 1. The second-order valence-electron chi connectivity index (χ2n) is 4.84. The maximum Gasteiger partial charge on any atom is 0.0399 e. The fourth-order valence-electron chi connectivity index (χ4n) is 2.61. The summed E-state index contributed by atoms with van der Waals surface area (Å²) in [5, 5.41) is 3.63. The molecule has 1 aliphatic rings. The van der Waals surface area contributed by atoms with E-state index in [9.17, 15) is 0 Å². The highest BCUT2D eigenvalue weighted by Crippen LogP contribution is 2.22. The van der Waals surface area contributed by atoms with Gasteiger partial charge in [0.05, 0.1) is 0 Å². The molecule has 0 aliphatic carbocycles. The predicted octanol–water partition coefficient (Wildman–Crippen LogP) is 2.83. The molecule has 1 heterocycles. The van der Waals surface area contributed by atoms with Crippen LogP contribution in [0.3, 0.4) is 0 Å². The van der Waals surface area contributed by atoms with E-state index < -0.39 is 0 Å². The molecule has 0 radical (unpaired) electrons. The summed E-state index contributed by atoms with van der Waals surface area (Å²) in [5.41, 5.74) is 2.92. The lowest BCUT2D eigenvalue weighted by Crippen LogP contribution is -2.37. The normalized spacial score (nSPS) is 21.3. The molecule has 2 nitrogen and oxygen atoms in total. The zero-order valence-electron chi connectivity index (χ0n) is 11.1. The highest BCUT2D eigenvalue weighted by atomic mass is 15.2. The molecule has 0 amide bonds. The third kappa shape index (κ3) is 3.01. The van der Waals surface area contributed by atoms with E-state index in [1.165, 1.54) is 30.6 Å². The summed E-state index contributed by atoms with van der Waals surface area (Å²) in [6.07, 6.45) is 3.58. The van der Waals surface area contributed by atoms with Crippen molar-refractivity contribution >= 4 is 5.69 Å². The van der Waals surface area contributed by atoms with Crippen LogP contribution in [0.1, 0.15) is 32.3 Å². The van der Waals surface area contributed by atoms with Crippen molar-refractivity contribution in [2.75, 3.05) is 24.5 Å². The van der Waals surface area contributed by atoms with Crippen LogP contribution in [0.25, 0.3) is 0 Å². The van der Waals surface area contributed by atoms with E-state index in [0.29, 0.717) is 6.04 Å². The van der Waals surface area contributed by atoms with Crippen molar-refractivity contribution in [3.8, 4) is 0 Å². The van der Waals surface area contributed by atoms with E-state index >= 15 is 0 Å². The number of benzene rings is 1. The minimum atomic E-state index is 0.641. The van der Waals surface area contributed by atoms with Crippen LogP contribution < -0.4 is 10.2 Å². The summed E-state index contributed by atoms with van der Waals surface area (Å²) in [6.45, 7) is 8.00. The summed E-state index contributed by atoms with van der Waals surface area (Å²) >= 11 is 0. The zero-order valence-corrected chi connectivity index (χ0v) is 11.1. The van der Waals surface area contributed by atoms with Gasteiger partial charge in [0, 0.05) is 24.8 Å². The van der Waals surface area contributed by atoms with Crippen molar-refractivity contribution in [3.05, 3.63) is 29.8 Å². The van der Waals surface area contributed by atoms with Gasteiger partial charge < -0.3 is 10.2 Å². The monoisotopic (exact) mass is 232 g/mol. The molecule has 1 aliphatic heterocycles.